The SMILES string of the molecule is Cc1ccc(S(=O)(=O)[O-])cc1.Cc1cccc2c1N(C(C)[N+](C)(C)C)c1ccccc1S2. The van der Waals surface area contributed by atoms with Crippen LogP contribution in [0.1, 0.15) is 18.1 Å². The van der Waals surface area contributed by atoms with E-state index in [0.717, 1.165) is 10.0 Å². The molecule has 32 heavy (non-hydrogen) atoms. The van der Waals surface area contributed by atoms with E-state index >= 15 is 0 Å². The summed E-state index contributed by atoms with van der Waals surface area (Å²) in [5.74, 6) is 0. The van der Waals surface area contributed by atoms with E-state index in [1.165, 1.54) is 38.9 Å². The summed E-state index contributed by atoms with van der Waals surface area (Å²) in [6.45, 7) is 6.34. The van der Waals surface area contributed by atoms with Crippen molar-refractivity contribution in [3.8, 4) is 0 Å². The fourth-order valence-corrected chi connectivity index (χ4v) is 5.07. The Labute approximate surface area is 196 Å². The van der Waals surface area contributed by atoms with Crippen LogP contribution >= 0.6 is 11.8 Å². The van der Waals surface area contributed by atoms with Gasteiger partial charge in [-0.1, -0.05) is 53.7 Å². The third kappa shape index (κ3) is 5.35. The van der Waals surface area contributed by atoms with Gasteiger partial charge in [0.1, 0.15) is 10.1 Å². The Bertz CT molecular complexity index is 1200. The van der Waals surface area contributed by atoms with Gasteiger partial charge in [-0.05, 0) is 49.7 Å². The van der Waals surface area contributed by atoms with Crippen molar-refractivity contribution in [3.63, 3.8) is 0 Å². The van der Waals surface area contributed by atoms with Crippen molar-refractivity contribution in [2.24, 2.45) is 0 Å². The molecule has 1 aliphatic heterocycles. The number of aryl methyl sites for hydroxylation is 2. The van der Waals surface area contributed by atoms with E-state index in [-0.39, 0.29) is 4.90 Å². The minimum atomic E-state index is -4.27. The van der Waals surface area contributed by atoms with Gasteiger partial charge in [0.15, 0.2) is 6.17 Å². The summed E-state index contributed by atoms with van der Waals surface area (Å²) >= 11 is 1.88. The second-order valence-corrected chi connectivity index (χ2v) is 11.3. The van der Waals surface area contributed by atoms with Crippen LogP contribution in [-0.2, 0) is 10.1 Å². The number of hydrogen-bond acceptors (Lipinski definition) is 5. The van der Waals surface area contributed by atoms with E-state index < -0.39 is 10.1 Å². The summed E-state index contributed by atoms with van der Waals surface area (Å²) in [6, 6.07) is 21.1. The summed E-state index contributed by atoms with van der Waals surface area (Å²) in [6.07, 6.45) is 0.367. The fraction of sp³-hybridized carbons (Fsp3) is 0.280. The van der Waals surface area contributed by atoms with Crippen molar-refractivity contribution in [2.45, 2.75) is 41.6 Å². The van der Waals surface area contributed by atoms with Crippen molar-refractivity contribution in [2.75, 3.05) is 26.0 Å². The first-order valence-corrected chi connectivity index (χ1v) is 12.6. The Kier molecular flexibility index (Phi) is 7.05. The maximum atomic E-state index is 10.4. The Hall–Kier alpha value is -2.32. The lowest BCUT2D eigenvalue weighted by atomic mass is 10.1. The first kappa shape index (κ1) is 24.3. The van der Waals surface area contributed by atoms with Crippen LogP contribution in [0, 0.1) is 13.8 Å². The van der Waals surface area contributed by atoms with Crippen LogP contribution < -0.4 is 4.90 Å². The molecular weight excluding hydrogens is 440 g/mol. The lowest BCUT2D eigenvalue weighted by Gasteiger charge is -2.43. The largest absolute Gasteiger partial charge is 0.744 e. The first-order valence-electron chi connectivity index (χ1n) is 10.4. The van der Waals surface area contributed by atoms with E-state index in [1.807, 2.05) is 18.7 Å². The van der Waals surface area contributed by atoms with Gasteiger partial charge in [0.05, 0.1) is 37.4 Å². The quantitative estimate of drug-likeness (QED) is 0.371. The van der Waals surface area contributed by atoms with Gasteiger partial charge in [-0.3, -0.25) is 4.90 Å². The molecule has 3 aromatic carbocycles. The molecule has 1 heterocycles. The van der Waals surface area contributed by atoms with Crippen LogP contribution in [0.2, 0.25) is 0 Å². The number of rotatable bonds is 3. The average molecular weight is 471 g/mol. The molecule has 1 aliphatic rings. The van der Waals surface area contributed by atoms with Gasteiger partial charge in [-0.15, -0.1) is 0 Å². The summed E-state index contributed by atoms with van der Waals surface area (Å²) in [5.41, 5.74) is 4.96. The number of anilines is 2. The van der Waals surface area contributed by atoms with E-state index in [9.17, 15) is 13.0 Å². The molecule has 0 spiro atoms. The van der Waals surface area contributed by atoms with Gasteiger partial charge in [0.25, 0.3) is 0 Å². The van der Waals surface area contributed by atoms with E-state index in [4.69, 9.17) is 0 Å². The number of benzene rings is 3. The van der Waals surface area contributed by atoms with Crippen LogP contribution in [0.4, 0.5) is 11.4 Å². The zero-order valence-electron chi connectivity index (χ0n) is 19.4. The Morgan fingerprint density at radius 1 is 0.875 bits per heavy atom. The van der Waals surface area contributed by atoms with Crippen LogP contribution in [0.5, 0.6) is 0 Å². The molecule has 0 aliphatic carbocycles. The topological polar surface area (TPSA) is 60.4 Å². The minimum absolute atomic E-state index is 0.178. The second kappa shape index (κ2) is 9.27. The molecule has 3 aromatic rings. The van der Waals surface area contributed by atoms with Gasteiger partial charge in [-0.25, -0.2) is 8.42 Å². The van der Waals surface area contributed by atoms with Crippen molar-refractivity contribution < 1.29 is 17.5 Å². The van der Waals surface area contributed by atoms with E-state index in [1.54, 1.807) is 12.1 Å². The number of fused-ring (bicyclic) bond motifs is 2. The van der Waals surface area contributed by atoms with Crippen LogP contribution in [0.15, 0.2) is 81.4 Å². The van der Waals surface area contributed by atoms with Crippen molar-refractivity contribution >= 4 is 33.3 Å². The predicted molar refractivity (Wildman–Crippen MR) is 131 cm³/mol. The average Bonchev–Trinajstić information content (AvgIpc) is 2.71. The van der Waals surface area contributed by atoms with Gasteiger partial charge >= 0.3 is 0 Å². The van der Waals surface area contributed by atoms with Gasteiger partial charge in [0, 0.05) is 16.7 Å². The second-order valence-electron chi connectivity index (χ2n) is 8.88. The fourth-order valence-electron chi connectivity index (χ4n) is 3.44. The molecule has 4 rings (SSSR count). The molecule has 0 N–H and O–H groups in total. The molecular formula is C25H30N2O3S2. The number of quaternary nitrogens is 1. The van der Waals surface area contributed by atoms with Crippen molar-refractivity contribution in [3.05, 3.63) is 77.9 Å². The lowest BCUT2D eigenvalue weighted by Crippen LogP contribution is -2.52. The lowest BCUT2D eigenvalue weighted by molar-refractivity contribution is -0.892. The number of nitrogens with zero attached hydrogens (tertiary/aromatic N) is 2. The Morgan fingerprint density at radius 2 is 1.47 bits per heavy atom. The molecule has 0 bridgehead atoms. The molecule has 5 nitrogen and oxygen atoms in total. The number of para-hydroxylation sites is 2. The Balaban J connectivity index is 0.000000222. The minimum Gasteiger partial charge on any atom is -0.744 e. The monoisotopic (exact) mass is 470 g/mol. The summed E-state index contributed by atoms with van der Waals surface area (Å²) < 4.78 is 32.1. The van der Waals surface area contributed by atoms with Crippen molar-refractivity contribution in [1.82, 2.24) is 0 Å². The molecule has 0 fully saturated rings. The maximum absolute atomic E-state index is 10.4. The summed E-state index contributed by atoms with van der Waals surface area (Å²) in [7, 11) is 2.50. The normalized spacial score (nSPS) is 14.0. The number of hydrogen-bond donors (Lipinski definition) is 0. The standard InChI is InChI=1S/C18H23N2S.C7H8O3S/c1-13-9-8-12-17-18(13)19(14(2)20(3,4)5)15-10-6-7-11-16(15)21-17;1-6-2-4-7(5-3-6)11(8,9)10/h6-12,14H,1-5H3;2-5H,1H3,(H,8,9,10)/q+1;/p-1. The highest BCUT2D eigenvalue weighted by atomic mass is 32.2. The van der Waals surface area contributed by atoms with Gasteiger partial charge < -0.3 is 9.04 Å². The first-order chi connectivity index (χ1) is 14.9. The molecule has 170 valence electrons. The summed E-state index contributed by atoms with van der Waals surface area (Å²) in [5, 5.41) is 0. The van der Waals surface area contributed by atoms with Crippen LogP contribution in [0.25, 0.3) is 0 Å². The third-order valence-electron chi connectivity index (χ3n) is 5.59. The van der Waals surface area contributed by atoms with Crippen LogP contribution in [0.3, 0.4) is 0 Å². The predicted octanol–water partition coefficient (Wildman–Crippen LogP) is 5.55. The molecule has 1 atom stereocenters. The molecule has 0 aromatic heterocycles. The third-order valence-corrected chi connectivity index (χ3v) is 7.55. The van der Waals surface area contributed by atoms with E-state index in [0.29, 0.717) is 6.17 Å². The highest BCUT2D eigenvalue weighted by Gasteiger charge is 2.34. The zero-order valence-corrected chi connectivity index (χ0v) is 21.0. The van der Waals surface area contributed by atoms with Gasteiger partial charge in [-0.2, -0.15) is 0 Å². The molecule has 0 saturated heterocycles. The molecule has 0 amide bonds. The summed E-state index contributed by atoms with van der Waals surface area (Å²) in [4.78, 5) is 5.03. The van der Waals surface area contributed by atoms with Crippen LogP contribution in [-0.4, -0.2) is 44.8 Å². The highest BCUT2D eigenvalue weighted by molar-refractivity contribution is 7.99. The molecule has 7 heteroatoms. The Morgan fingerprint density at radius 3 is 2.06 bits per heavy atom. The smallest absolute Gasteiger partial charge is 0.165 e. The zero-order chi connectivity index (χ0) is 23.7. The molecule has 1 unspecified atom stereocenters. The van der Waals surface area contributed by atoms with Gasteiger partial charge in [0.2, 0.25) is 0 Å². The molecule has 0 radical (unpaired) electrons. The molecule has 0 saturated carbocycles. The maximum Gasteiger partial charge on any atom is 0.165 e. The van der Waals surface area contributed by atoms with E-state index in [2.05, 4.69) is 82.4 Å². The van der Waals surface area contributed by atoms with Crippen molar-refractivity contribution in [1.29, 1.82) is 0 Å². The highest BCUT2D eigenvalue weighted by Crippen LogP contribution is 2.50.